The van der Waals surface area contributed by atoms with Gasteiger partial charge < -0.3 is 24.5 Å². The summed E-state index contributed by atoms with van der Waals surface area (Å²) in [7, 11) is -0.918. The molecule has 10 nitrogen and oxygen atoms in total. The van der Waals surface area contributed by atoms with Crippen LogP contribution in [0.25, 0.3) is 0 Å². The molecule has 186 valence electrons. The standard InChI is InChI=1S/C23H31N3O7S/c1-6-33-23(28)20-14(2)24-15(3)21(20)34(29,30)26-11-9-16(10-12-26)22(27)25-18-13-17(31-4)7-8-19(18)32-5/h7-8,13,16,24H,6,9-12H2,1-5H3,(H,25,27). The van der Waals surface area contributed by atoms with Gasteiger partial charge in [0.05, 0.1) is 26.5 Å². The summed E-state index contributed by atoms with van der Waals surface area (Å²) in [6, 6.07) is 5.10. The van der Waals surface area contributed by atoms with Crippen molar-refractivity contribution in [1.82, 2.24) is 9.29 Å². The average Bonchev–Trinajstić information content (AvgIpc) is 3.13. The number of anilines is 1. The van der Waals surface area contributed by atoms with Crippen molar-refractivity contribution in [2.24, 2.45) is 5.92 Å². The Kier molecular flexibility index (Phi) is 7.88. The number of aromatic nitrogens is 1. The van der Waals surface area contributed by atoms with Gasteiger partial charge in [0.15, 0.2) is 0 Å². The van der Waals surface area contributed by atoms with Crippen molar-refractivity contribution in [2.45, 2.75) is 38.5 Å². The van der Waals surface area contributed by atoms with E-state index in [0.717, 1.165) is 0 Å². The second kappa shape index (κ2) is 10.5. The fraction of sp³-hybridized carbons (Fsp3) is 0.478. The average molecular weight is 494 g/mol. The normalized spacial score (nSPS) is 15.1. The Morgan fingerprint density at radius 1 is 1.12 bits per heavy atom. The first-order valence-electron chi connectivity index (χ1n) is 11.0. The van der Waals surface area contributed by atoms with Gasteiger partial charge in [-0.1, -0.05) is 0 Å². The van der Waals surface area contributed by atoms with E-state index >= 15 is 0 Å². The van der Waals surface area contributed by atoms with Crippen molar-refractivity contribution in [3.05, 3.63) is 35.2 Å². The van der Waals surface area contributed by atoms with Gasteiger partial charge in [-0.05, 0) is 45.7 Å². The molecule has 11 heteroatoms. The Balaban J connectivity index is 1.74. The number of benzene rings is 1. The first kappa shape index (κ1) is 25.6. The van der Waals surface area contributed by atoms with Gasteiger partial charge in [-0.15, -0.1) is 0 Å². The molecule has 0 aliphatic carbocycles. The van der Waals surface area contributed by atoms with E-state index < -0.39 is 16.0 Å². The number of sulfonamides is 1. The zero-order valence-electron chi connectivity index (χ0n) is 20.1. The van der Waals surface area contributed by atoms with Crippen LogP contribution >= 0.6 is 0 Å². The van der Waals surface area contributed by atoms with Crippen molar-refractivity contribution in [1.29, 1.82) is 0 Å². The number of hydrogen-bond donors (Lipinski definition) is 2. The number of aryl methyl sites for hydroxylation is 2. The number of nitrogens with one attached hydrogen (secondary N) is 2. The van der Waals surface area contributed by atoms with Crippen LogP contribution in [0.1, 0.15) is 41.5 Å². The number of piperidine rings is 1. The predicted octanol–water partition coefficient (Wildman–Crippen LogP) is 2.86. The summed E-state index contributed by atoms with van der Waals surface area (Å²) in [6.07, 6.45) is 0.684. The number of esters is 1. The summed E-state index contributed by atoms with van der Waals surface area (Å²) in [5.41, 5.74) is 1.34. The highest BCUT2D eigenvalue weighted by Gasteiger charge is 2.37. The van der Waals surface area contributed by atoms with Crippen molar-refractivity contribution in [3.8, 4) is 11.5 Å². The predicted molar refractivity (Wildman–Crippen MR) is 126 cm³/mol. The number of H-pyrrole nitrogens is 1. The molecule has 1 aromatic carbocycles. The third-order valence-electron chi connectivity index (χ3n) is 5.88. The van der Waals surface area contributed by atoms with Gasteiger partial charge in [-0.2, -0.15) is 4.31 Å². The molecule has 1 amide bonds. The highest BCUT2D eigenvalue weighted by atomic mass is 32.2. The molecule has 0 bridgehead atoms. The molecule has 2 N–H and O–H groups in total. The monoisotopic (exact) mass is 493 g/mol. The van der Waals surface area contributed by atoms with Gasteiger partial charge >= 0.3 is 5.97 Å². The number of methoxy groups -OCH3 is 2. The second-order valence-electron chi connectivity index (χ2n) is 8.03. The third kappa shape index (κ3) is 5.05. The van der Waals surface area contributed by atoms with E-state index in [9.17, 15) is 18.0 Å². The van der Waals surface area contributed by atoms with E-state index in [-0.39, 0.29) is 42.0 Å². The van der Waals surface area contributed by atoms with Crippen molar-refractivity contribution in [2.75, 3.05) is 39.2 Å². The maximum Gasteiger partial charge on any atom is 0.341 e. The second-order valence-corrected chi connectivity index (χ2v) is 9.91. The summed E-state index contributed by atoms with van der Waals surface area (Å²) >= 11 is 0. The van der Waals surface area contributed by atoms with Gasteiger partial charge in [0.2, 0.25) is 15.9 Å². The molecule has 1 aromatic heterocycles. The van der Waals surface area contributed by atoms with Gasteiger partial charge in [0.1, 0.15) is 22.0 Å². The van der Waals surface area contributed by atoms with E-state index in [1.165, 1.54) is 18.5 Å². The van der Waals surface area contributed by atoms with Crippen LogP contribution in [-0.2, 0) is 19.6 Å². The number of rotatable bonds is 8. The zero-order valence-corrected chi connectivity index (χ0v) is 20.9. The number of carbonyl (C=O) groups excluding carboxylic acids is 2. The minimum Gasteiger partial charge on any atom is -0.497 e. The smallest absolute Gasteiger partial charge is 0.341 e. The molecule has 0 saturated carbocycles. The molecule has 2 aromatic rings. The van der Waals surface area contributed by atoms with Crippen LogP contribution in [0.5, 0.6) is 11.5 Å². The molecular formula is C23H31N3O7S. The van der Waals surface area contributed by atoms with Gasteiger partial charge in [0, 0.05) is 36.5 Å². The number of hydrogen-bond acceptors (Lipinski definition) is 7. The highest BCUT2D eigenvalue weighted by molar-refractivity contribution is 7.89. The summed E-state index contributed by atoms with van der Waals surface area (Å²) in [5, 5.41) is 2.86. The Hall–Kier alpha value is -3.05. The topological polar surface area (TPSA) is 127 Å². The maximum absolute atomic E-state index is 13.4. The van der Waals surface area contributed by atoms with Crippen LogP contribution in [-0.4, -0.2) is 63.5 Å². The molecule has 2 heterocycles. The molecule has 0 unspecified atom stereocenters. The first-order chi connectivity index (χ1) is 16.1. The molecule has 0 atom stereocenters. The lowest BCUT2D eigenvalue weighted by Gasteiger charge is -2.31. The molecule has 1 fully saturated rings. The number of amides is 1. The van der Waals surface area contributed by atoms with Crippen LogP contribution in [0, 0.1) is 19.8 Å². The van der Waals surface area contributed by atoms with Gasteiger partial charge in [-0.25, -0.2) is 13.2 Å². The molecule has 1 aliphatic rings. The first-order valence-corrected chi connectivity index (χ1v) is 12.5. The van der Waals surface area contributed by atoms with Crippen molar-refractivity contribution in [3.63, 3.8) is 0 Å². The van der Waals surface area contributed by atoms with Gasteiger partial charge in [0.25, 0.3) is 0 Å². The molecule has 34 heavy (non-hydrogen) atoms. The lowest BCUT2D eigenvalue weighted by molar-refractivity contribution is -0.120. The fourth-order valence-electron chi connectivity index (χ4n) is 4.16. The van der Waals surface area contributed by atoms with Crippen LogP contribution in [0.3, 0.4) is 0 Å². The lowest BCUT2D eigenvalue weighted by atomic mass is 9.97. The molecule has 0 spiro atoms. The summed E-state index contributed by atoms with van der Waals surface area (Å²) in [6.45, 7) is 5.37. The number of ether oxygens (including phenoxy) is 3. The fourth-order valence-corrected chi connectivity index (χ4v) is 6.05. The Morgan fingerprint density at radius 3 is 2.38 bits per heavy atom. The summed E-state index contributed by atoms with van der Waals surface area (Å²) in [4.78, 5) is 28.2. The van der Waals surface area contributed by atoms with Crippen LogP contribution in [0.15, 0.2) is 23.1 Å². The molecule has 3 rings (SSSR count). The Morgan fingerprint density at radius 2 is 1.79 bits per heavy atom. The number of aromatic amines is 1. The minimum absolute atomic E-state index is 0.0318. The largest absolute Gasteiger partial charge is 0.497 e. The minimum atomic E-state index is -3.96. The quantitative estimate of drug-likeness (QED) is 0.541. The SMILES string of the molecule is CCOC(=O)c1c(C)[nH]c(C)c1S(=O)(=O)N1CCC(C(=O)Nc2cc(OC)ccc2OC)CC1. The van der Waals surface area contributed by atoms with E-state index in [4.69, 9.17) is 14.2 Å². The summed E-state index contributed by atoms with van der Waals surface area (Å²) < 4.78 is 43.8. The van der Waals surface area contributed by atoms with Crippen molar-refractivity contribution >= 4 is 27.6 Å². The molecular weight excluding hydrogens is 462 g/mol. The maximum atomic E-state index is 13.4. The van der Waals surface area contributed by atoms with E-state index in [1.807, 2.05) is 0 Å². The van der Waals surface area contributed by atoms with Crippen LogP contribution in [0.2, 0.25) is 0 Å². The summed E-state index contributed by atoms with van der Waals surface area (Å²) in [5.74, 6) is -0.194. The van der Waals surface area contributed by atoms with Gasteiger partial charge in [-0.3, -0.25) is 4.79 Å². The third-order valence-corrected chi connectivity index (χ3v) is 7.96. The highest BCUT2D eigenvalue weighted by Crippen LogP contribution is 2.32. The van der Waals surface area contributed by atoms with E-state index in [2.05, 4.69) is 10.3 Å². The van der Waals surface area contributed by atoms with Crippen molar-refractivity contribution < 1.29 is 32.2 Å². The lowest BCUT2D eigenvalue weighted by Crippen LogP contribution is -2.41. The Labute approximate surface area is 199 Å². The molecule has 1 saturated heterocycles. The van der Waals surface area contributed by atoms with E-state index in [0.29, 0.717) is 41.4 Å². The number of carbonyl (C=O) groups is 2. The van der Waals surface area contributed by atoms with Crippen LogP contribution < -0.4 is 14.8 Å². The molecule has 0 radical (unpaired) electrons. The number of nitrogens with zero attached hydrogens (tertiary/aromatic N) is 1. The Bertz CT molecular complexity index is 1170. The van der Waals surface area contributed by atoms with E-state index in [1.54, 1.807) is 39.0 Å². The zero-order chi connectivity index (χ0) is 25.0. The van der Waals surface area contributed by atoms with Crippen LogP contribution in [0.4, 0.5) is 5.69 Å². The molecule has 1 aliphatic heterocycles.